The van der Waals surface area contributed by atoms with Crippen LogP contribution in [0, 0.1) is 10.1 Å². The molecule has 7 nitrogen and oxygen atoms in total. The Hall–Kier alpha value is -3.09. The van der Waals surface area contributed by atoms with E-state index in [1.807, 2.05) is 14.1 Å². The summed E-state index contributed by atoms with van der Waals surface area (Å²) in [5, 5.41) is 16.6. The summed E-state index contributed by atoms with van der Waals surface area (Å²) in [6, 6.07) is 12.7. The molecule has 7 heteroatoms. The molecule has 2 aromatic carbocycles. The van der Waals surface area contributed by atoms with Gasteiger partial charge in [0.25, 0.3) is 11.6 Å². The van der Waals surface area contributed by atoms with Gasteiger partial charge in [0.05, 0.1) is 10.5 Å². The molecule has 0 aliphatic rings. The molecule has 0 unspecified atom stereocenters. The molecule has 26 heavy (non-hydrogen) atoms. The van der Waals surface area contributed by atoms with Gasteiger partial charge >= 0.3 is 0 Å². The number of nitrogens with zero attached hydrogens (tertiary/aromatic N) is 2. The molecule has 0 spiro atoms. The third-order valence-corrected chi connectivity index (χ3v) is 4.10. The lowest BCUT2D eigenvalue weighted by molar-refractivity contribution is -0.384. The van der Waals surface area contributed by atoms with Crippen LogP contribution in [-0.2, 0) is 6.42 Å². The molecule has 0 saturated carbocycles. The number of hydrogen-bond donors (Lipinski definition) is 2. The number of hydrogen-bond acceptors (Lipinski definition) is 5. The lowest BCUT2D eigenvalue weighted by Crippen LogP contribution is -2.20. The van der Waals surface area contributed by atoms with Gasteiger partial charge in [-0.05, 0) is 36.6 Å². The number of carbonyl (C=O) groups is 1. The minimum atomic E-state index is -0.506. The number of amides is 1. The summed E-state index contributed by atoms with van der Waals surface area (Å²) >= 11 is 0. The number of non-ortho nitro benzene ring substituents is 1. The maximum absolute atomic E-state index is 12.0. The Kier molecular flexibility index (Phi) is 6.54. The van der Waals surface area contributed by atoms with Crippen molar-refractivity contribution in [3.63, 3.8) is 0 Å². The highest BCUT2D eigenvalue weighted by Crippen LogP contribution is 2.22. The SMILES string of the molecule is CNC(=O)c1cc([N+](=O)[O-])ccc1NCCCc1ccc(N(C)C)cc1. The minimum absolute atomic E-state index is 0.102. The quantitative estimate of drug-likeness (QED) is 0.431. The Labute approximate surface area is 153 Å². The predicted octanol–water partition coefficient (Wildman–Crippen LogP) is 3.07. The number of nitro benzene ring substituents is 1. The number of carbonyl (C=O) groups excluding carboxylic acids is 1. The van der Waals surface area contributed by atoms with Crippen LogP contribution in [0.3, 0.4) is 0 Å². The van der Waals surface area contributed by atoms with Crippen LogP contribution in [-0.4, -0.2) is 38.5 Å². The maximum Gasteiger partial charge on any atom is 0.270 e. The Balaban J connectivity index is 1.96. The minimum Gasteiger partial charge on any atom is -0.384 e. The number of aryl methyl sites for hydroxylation is 1. The van der Waals surface area contributed by atoms with Gasteiger partial charge in [0, 0.05) is 51.2 Å². The van der Waals surface area contributed by atoms with Gasteiger partial charge in [-0.1, -0.05) is 12.1 Å². The normalized spacial score (nSPS) is 10.3. The fraction of sp³-hybridized carbons (Fsp3) is 0.316. The van der Waals surface area contributed by atoms with Crippen LogP contribution in [0.25, 0.3) is 0 Å². The van der Waals surface area contributed by atoms with Crippen LogP contribution < -0.4 is 15.5 Å². The third kappa shape index (κ3) is 4.95. The number of nitrogens with one attached hydrogen (secondary N) is 2. The topological polar surface area (TPSA) is 87.5 Å². The molecule has 138 valence electrons. The molecule has 0 atom stereocenters. The second-order valence-electron chi connectivity index (χ2n) is 6.16. The first kappa shape index (κ1) is 19.2. The van der Waals surface area contributed by atoms with E-state index >= 15 is 0 Å². The number of nitro groups is 1. The largest absolute Gasteiger partial charge is 0.384 e. The van der Waals surface area contributed by atoms with E-state index in [-0.39, 0.29) is 17.2 Å². The molecule has 0 aliphatic heterocycles. The summed E-state index contributed by atoms with van der Waals surface area (Å²) < 4.78 is 0. The van der Waals surface area contributed by atoms with E-state index < -0.39 is 4.92 Å². The van der Waals surface area contributed by atoms with Crippen LogP contribution >= 0.6 is 0 Å². The first-order valence-electron chi connectivity index (χ1n) is 8.43. The zero-order chi connectivity index (χ0) is 19.1. The van der Waals surface area contributed by atoms with Gasteiger partial charge in [-0.15, -0.1) is 0 Å². The van der Waals surface area contributed by atoms with Gasteiger partial charge in [0.2, 0.25) is 0 Å². The van der Waals surface area contributed by atoms with E-state index in [2.05, 4.69) is 39.8 Å². The third-order valence-electron chi connectivity index (χ3n) is 4.10. The standard InChI is InChI=1S/C19H24N4O3/c1-20-19(24)17-13-16(23(25)26)10-11-18(17)21-12-4-5-14-6-8-15(9-7-14)22(2)3/h6-11,13,21H,4-5,12H2,1-3H3,(H,20,24). The molecule has 2 aromatic rings. The molecule has 0 fully saturated rings. The van der Waals surface area contributed by atoms with Crippen molar-refractivity contribution in [1.82, 2.24) is 5.32 Å². The summed E-state index contributed by atoms with van der Waals surface area (Å²) in [7, 11) is 5.52. The van der Waals surface area contributed by atoms with Crippen molar-refractivity contribution in [2.75, 3.05) is 37.9 Å². The van der Waals surface area contributed by atoms with Crippen molar-refractivity contribution < 1.29 is 9.72 Å². The fourth-order valence-electron chi connectivity index (χ4n) is 2.60. The Morgan fingerprint density at radius 2 is 1.85 bits per heavy atom. The molecule has 0 heterocycles. The van der Waals surface area contributed by atoms with Crippen molar-refractivity contribution in [1.29, 1.82) is 0 Å². The zero-order valence-corrected chi connectivity index (χ0v) is 15.3. The predicted molar refractivity (Wildman–Crippen MR) is 104 cm³/mol. The Morgan fingerprint density at radius 3 is 2.42 bits per heavy atom. The van der Waals surface area contributed by atoms with Gasteiger partial charge < -0.3 is 15.5 Å². The van der Waals surface area contributed by atoms with Crippen molar-refractivity contribution in [2.24, 2.45) is 0 Å². The molecular weight excluding hydrogens is 332 g/mol. The van der Waals surface area contributed by atoms with Crippen LogP contribution in [0.4, 0.5) is 17.1 Å². The second kappa shape index (κ2) is 8.84. The van der Waals surface area contributed by atoms with Gasteiger partial charge in [0.15, 0.2) is 0 Å². The molecule has 1 amide bonds. The van der Waals surface area contributed by atoms with Gasteiger partial charge in [-0.25, -0.2) is 0 Å². The molecule has 2 N–H and O–H groups in total. The van der Waals surface area contributed by atoms with Crippen molar-refractivity contribution in [3.8, 4) is 0 Å². The van der Waals surface area contributed by atoms with Gasteiger partial charge in [0.1, 0.15) is 0 Å². The number of anilines is 2. The monoisotopic (exact) mass is 356 g/mol. The van der Waals surface area contributed by atoms with Gasteiger partial charge in [-0.2, -0.15) is 0 Å². The zero-order valence-electron chi connectivity index (χ0n) is 15.3. The summed E-state index contributed by atoms with van der Waals surface area (Å²) in [4.78, 5) is 24.4. The average Bonchev–Trinajstić information content (AvgIpc) is 2.64. The summed E-state index contributed by atoms with van der Waals surface area (Å²) in [6.07, 6.45) is 1.79. The molecule has 0 radical (unpaired) electrons. The Bertz CT molecular complexity index is 773. The highest BCUT2D eigenvalue weighted by Gasteiger charge is 2.15. The lowest BCUT2D eigenvalue weighted by atomic mass is 10.1. The fourth-order valence-corrected chi connectivity index (χ4v) is 2.60. The van der Waals surface area contributed by atoms with E-state index in [1.54, 1.807) is 6.07 Å². The lowest BCUT2D eigenvalue weighted by Gasteiger charge is -2.13. The van der Waals surface area contributed by atoms with E-state index in [0.29, 0.717) is 12.2 Å². The molecule has 0 aliphatic carbocycles. The molecule has 2 rings (SSSR count). The first-order chi connectivity index (χ1) is 12.4. The van der Waals surface area contributed by atoms with Crippen LogP contribution in [0.2, 0.25) is 0 Å². The van der Waals surface area contributed by atoms with Crippen molar-refractivity contribution in [2.45, 2.75) is 12.8 Å². The molecule has 0 aromatic heterocycles. The Morgan fingerprint density at radius 1 is 1.15 bits per heavy atom. The van der Waals surface area contributed by atoms with Gasteiger partial charge in [-0.3, -0.25) is 14.9 Å². The number of rotatable bonds is 8. The van der Waals surface area contributed by atoms with E-state index in [1.165, 1.54) is 24.7 Å². The van der Waals surface area contributed by atoms with Crippen LogP contribution in [0.5, 0.6) is 0 Å². The highest BCUT2D eigenvalue weighted by molar-refractivity contribution is 6.00. The molecule has 0 saturated heterocycles. The van der Waals surface area contributed by atoms with Crippen molar-refractivity contribution >= 4 is 23.0 Å². The molecular formula is C19H24N4O3. The summed E-state index contributed by atoms with van der Waals surface area (Å²) in [6.45, 7) is 0.664. The summed E-state index contributed by atoms with van der Waals surface area (Å²) in [5.41, 5.74) is 3.17. The smallest absolute Gasteiger partial charge is 0.270 e. The van der Waals surface area contributed by atoms with E-state index in [4.69, 9.17) is 0 Å². The van der Waals surface area contributed by atoms with Crippen LogP contribution in [0.15, 0.2) is 42.5 Å². The summed E-state index contributed by atoms with van der Waals surface area (Å²) in [5.74, 6) is -0.351. The van der Waals surface area contributed by atoms with Crippen molar-refractivity contribution in [3.05, 3.63) is 63.7 Å². The number of benzene rings is 2. The highest BCUT2D eigenvalue weighted by atomic mass is 16.6. The van der Waals surface area contributed by atoms with E-state index in [9.17, 15) is 14.9 Å². The first-order valence-corrected chi connectivity index (χ1v) is 8.43. The second-order valence-corrected chi connectivity index (χ2v) is 6.16. The van der Waals surface area contributed by atoms with E-state index in [0.717, 1.165) is 18.5 Å². The van der Waals surface area contributed by atoms with Crippen LogP contribution in [0.1, 0.15) is 22.3 Å². The molecule has 0 bridgehead atoms. The maximum atomic E-state index is 12.0. The average molecular weight is 356 g/mol.